The minimum absolute atomic E-state index is 0.0586. The Morgan fingerprint density at radius 3 is 2.73 bits per heavy atom. The molecule has 33 heavy (non-hydrogen) atoms. The van der Waals surface area contributed by atoms with Crippen LogP contribution in [-0.2, 0) is 6.73 Å². The molecule has 7 nitrogen and oxygen atoms in total. The van der Waals surface area contributed by atoms with Crippen molar-refractivity contribution in [1.29, 1.82) is 0 Å². The maximum absolute atomic E-state index is 12.5. The molecule has 2 aromatic heterocycles. The third kappa shape index (κ3) is 5.85. The van der Waals surface area contributed by atoms with Crippen molar-refractivity contribution in [2.75, 3.05) is 5.32 Å². The lowest BCUT2D eigenvalue weighted by Gasteiger charge is -2.09. The highest BCUT2D eigenvalue weighted by atomic mass is 35.5. The Balaban J connectivity index is 1.35. The van der Waals surface area contributed by atoms with Crippen LogP contribution in [0.2, 0.25) is 5.02 Å². The SMILES string of the molecule is Cc1cc(Cl)ccc1OCn1ccc(C(=O)Nc2nc(-c3ccc(OC(F)F)cc3)cs2)n1. The number of alkyl halides is 2. The van der Waals surface area contributed by atoms with Crippen LogP contribution in [0.15, 0.2) is 60.1 Å². The van der Waals surface area contributed by atoms with E-state index in [2.05, 4.69) is 20.1 Å². The predicted molar refractivity (Wildman–Crippen MR) is 121 cm³/mol. The monoisotopic (exact) mass is 490 g/mol. The van der Waals surface area contributed by atoms with Gasteiger partial charge in [0.15, 0.2) is 17.6 Å². The molecule has 2 aromatic carbocycles. The van der Waals surface area contributed by atoms with Crippen molar-refractivity contribution in [3.8, 4) is 22.8 Å². The molecule has 0 saturated heterocycles. The van der Waals surface area contributed by atoms with Crippen LogP contribution in [0.4, 0.5) is 13.9 Å². The first-order valence-corrected chi connectivity index (χ1v) is 10.9. The van der Waals surface area contributed by atoms with Gasteiger partial charge in [-0.2, -0.15) is 13.9 Å². The van der Waals surface area contributed by atoms with Gasteiger partial charge in [0.25, 0.3) is 5.91 Å². The number of hydrogen-bond donors (Lipinski definition) is 1. The third-order valence-corrected chi connectivity index (χ3v) is 5.46. The number of carbonyl (C=O) groups excluding carboxylic acids is 1. The van der Waals surface area contributed by atoms with Gasteiger partial charge in [-0.15, -0.1) is 11.3 Å². The molecule has 11 heteroatoms. The molecule has 0 unspecified atom stereocenters. The summed E-state index contributed by atoms with van der Waals surface area (Å²) in [7, 11) is 0. The van der Waals surface area contributed by atoms with E-state index in [4.69, 9.17) is 16.3 Å². The van der Waals surface area contributed by atoms with Gasteiger partial charge in [0.1, 0.15) is 11.5 Å². The summed E-state index contributed by atoms with van der Waals surface area (Å²) in [6, 6.07) is 13.0. The molecular formula is C22H17ClF2N4O3S. The van der Waals surface area contributed by atoms with Gasteiger partial charge >= 0.3 is 6.61 Å². The van der Waals surface area contributed by atoms with Crippen molar-refractivity contribution in [3.05, 3.63) is 76.4 Å². The van der Waals surface area contributed by atoms with E-state index in [9.17, 15) is 13.6 Å². The number of ether oxygens (including phenoxy) is 2. The molecule has 0 spiro atoms. The number of nitrogens with one attached hydrogen (secondary N) is 1. The Morgan fingerprint density at radius 1 is 1.21 bits per heavy atom. The van der Waals surface area contributed by atoms with E-state index in [0.717, 1.165) is 5.56 Å². The summed E-state index contributed by atoms with van der Waals surface area (Å²) in [5.41, 5.74) is 2.39. The first-order chi connectivity index (χ1) is 15.9. The molecule has 4 aromatic rings. The minimum Gasteiger partial charge on any atom is -0.471 e. The van der Waals surface area contributed by atoms with E-state index >= 15 is 0 Å². The first-order valence-electron chi connectivity index (χ1n) is 9.62. The van der Waals surface area contributed by atoms with Crippen LogP contribution >= 0.6 is 22.9 Å². The maximum atomic E-state index is 12.5. The average Bonchev–Trinajstić information content (AvgIpc) is 3.43. The van der Waals surface area contributed by atoms with Gasteiger partial charge in [-0.25, -0.2) is 9.67 Å². The number of rotatable bonds is 8. The van der Waals surface area contributed by atoms with Gasteiger partial charge in [-0.3, -0.25) is 10.1 Å². The van der Waals surface area contributed by atoms with Crippen LogP contribution in [-0.4, -0.2) is 27.3 Å². The standard InChI is InChI=1S/C22H17ClF2N4O3S/c1-13-10-15(23)4-7-19(13)31-12-29-9-8-17(28-29)20(30)27-22-26-18(11-33-22)14-2-5-16(6-3-14)32-21(24)25/h2-11,21H,12H2,1H3,(H,26,27,30). The fourth-order valence-electron chi connectivity index (χ4n) is 2.90. The van der Waals surface area contributed by atoms with Crippen LogP contribution in [0.25, 0.3) is 11.3 Å². The lowest BCUT2D eigenvalue weighted by atomic mass is 10.2. The molecular weight excluding hydrogens is 474 g/mol. The number of aryl methyl sites for hydroxylation is 1. The quantitative estimate of drug-likeness (QED) is 0.335. The largest absolute Gasteiger partial charge is 0.471 e. The van der Waals surface area contributed by atoms with E-state index in [1.54, 1.807) is 48.0 Å². The number of nitrogens with zero attached hydrogens (tertiary/aromatic N) is 3. The zero-order valence-electron chi connectivity index (χ0n) is 17.2. The summed E-state index contributed by atoms with van der Waals surface area (Å²) in [4.78, 5) is 16.9. The summed E-state index contributed by atoms with van der Waals surface area (Å²) in [5.74, 6) is 0.311. The fraction of sp³-hybridized carbons (Fsp3) is 0.136. The summed E-state index contributed by atoms with van der Waals surface area (Å²) in [6.45, 7) is -0.868. The number of hydrogen-bond acceptors (Lipinski definition) is 6. The topological polar surface area (TPSA) is 78.3 Å². The van der Waals surface area contributed by atoms with Crippen LogP contribution in [0.1, 0.15) is 16.1 Å². The molecule has 170 valence electrons. The molecule has 0 aliphatic carbocycles. The van der Waals surface area contributed by atoms with Crippen LogP contribution in [0.3, 0.4) is 0 Å². The molecule has 0 aliphatic rings. The molecule has 0 saturated carbocycles. The highest BCUT2D eigenvalue weighted by Gasteiger charge is 2.13. The van der Waals surface area contributed by atoms with Crippen molar-refractivity contribution in [2.24, 2.45) is 0 Å². The number of benzene rings is 2. The van der Waals surface area contributed by atoms with Crippen molar-refractivity contribution in [3.63, 3.8) is 0 Å². The predicted octanol–water partition coefficient (Wildman–Crippen LogP) is 5.86. The van der Waals surface area contributed by atoms with E-state index in [1.807, 2.05) is 6.92 Å². The Kier molecular flexibility index (Phi) is 6.85. The zero-order valence-corrected chi connectivity index (χ0v) is 18.7. The maximum Gasteiger partial charge on any atom is 0.387 e. The van der Waals surface area contributed by atoms with E-state index < -0.39 is 12.5 Å². The van der Waals surface area contributed by atoms with Crippen molar-refractivity contribution >= 4 is 34.0 Å². The van der Waals surface area contributed by atoms with Gasteiger partial charge in [0.05, 0.1) is 5.69 Å². The van der Waals surface area contributed by atoms with Gasteiger partial charge < -0.3 is 9.47 Å². The van der Waals surface area contributed by atoms with Gasteiger partial charge in [0.2, 0.25) is 0 Å². The normalized spacial score (nSPS) is 10.9. The number of aromatic nitrogens is 3. The second-order valence-corrected chi connectivity index (χ2v) is 8.11. The Bertz CT molecular complexity index is 1260. The molecule has 0 aliphatic heterocycles. The molecule has 0 bridgehead atoms. The summed E-state index contributed by atoms with van der Waals surface area (Å²) >= 11 is 7.18. The number of carbonyl (C=O) groups is 1. The smallest absolute Gasteiger partial charge is 0.387 e. The van der Waals surface area contributed by atoms with Crippen molar-refractivity contribution in [2.45, 2.75) is 20.3 Å². The molecule has 4 rings (SSSR count). The highest BCUT2D eigenvalue weighted by Crippen LogP contribution is 2.27. The Hall–Kier alpha value is -3.50. The summed E-state index contributed by atoms with van der Waals surface area (Å²) < 4.78 is 36.1. The van der Waals surface area contributed by atoms with Crippen LogP contribution < -0.4 is 14.8 Å². The van der Waals surface area contributed by atoms with E-state index in [-0.39, 0.29) is 18.2 Å². The number of halogens is 3. The van der Waals surface area contributed by atoms with Gasteiger partial charge in [-0.1, -0.05) is 11.6 Å². The first kappa shape index (κ1) is 22.7. The zero-order chi connectivity index (χ0) is 23.4. The molecule has 1 amide bonds. The Labute approximate surface area is 196 Å². The lowest BCUT2D eigenvalue weighted by molar-refractivity contribution is -0.0498. The van der Waals surface area contributed by atoms with Crippen LogP contribution in [0, 0.1) is 6.92 Å². The second-order valence-electron chi connectivity index (χ2n) is 6.82. The van der Waals surface area contributed by atoms with Gasteiger partial charge in [0, 0.05) is 22.2 Å². The average molecular weight is 491 g/mol. The number of anilines is 1. The lowest BCUT2D eigenvalue weighted by Crippen LogP contribution is -2.14. The highest BCUT2D eigenvalue weighted by molar-refractivity contribution is 7.14. The van der Waals surface area contributed by atoms with Crippen molar-refractivity contribution < 1.29 is 23.0 Å². The summed E-state index contributed by atoms with van der Waals surface area (Å²) in [6.07, 6.45) is 1.64. The Morgan fingerprint density at radius 2 is 2.00 bits per heavy atom. The molecule has 0 radical (unpaired) electrons. The molecule has 1 N–H and O–H groups in total. The molecule has 0 atom stereocenters. The molecule has 0 fully saturated rings. The van der Waals surface area contributed by atoms with Crippen LogP contribution in [0.5, 0.6) is 11.5 Å². The van der Waals surface area contributed by atoms with E-state index in [0.29, 0.717) is 27.2 Å². The van der Waals surface area contributed by atoms with Crippen molar-refractivity contribution in [1.82, 2.24) is 14.8 Å². The fourth-order valence-corrected chi connectivity index (χ4v) is 3.84. The second kappa shape index (κ2) is 9.97. The number of amides is 1. The summed E-state index contributed by atoms with van der Waals surface area (Å²) in [5, 5.41) is 9.68. The van der Waals surface area contributed by atoms with E-state index in [1.165, 1.54) is 28.2 Å². The number of thiazole rings is 1. The van der Waals surface area contributed by atoms with Gasteiger partial charge in [-0.05, 0) is 61.0 Å². The third-order valence-electron chi connectivity index (χ3n) is 4.46. The molecule has 2 heterocycles. The minimum atomic E-state index is -2.88.